The summed E-state index contributed by atoms with van der Waals surface area (Å²) in [7, 11) is 0. The van der Waals surface area contributed by atoms with Crippen LogP contribution in [0.25, 0.3) is 0 Å². The normalized spacial score (nSPS) is 10.3. The van der Waals surface area contributed by atoms with Crippen LogP contribution in [0.4, 0.5) is 0 Å². The van der Waals surface area contributed by atoms with Gasteiger partial charge in [0, 0.05) is 18.3 Å². The molecular formula is C14H16N2. The van der Waals surface area contributed by atoms with Crippen molar-refractivity contribution >= 4 is 0 Å². The first-order chi connectivity index (χ1) is 7.88. The van der Waals surface area contributed by atoms with E-state index in [-0.39, 0.29) is 0 Å². The molecule has 0 aliphatic heterocycles. The fourth-order valence-corrected chi connectivity index (χ4v) is 1.75. The summed E-state index contributed by atoms with van der Waals surface area (Å²) in [6.07, 6.45) is 3.67. The van der Waals surface area contributed by atoms with Gasteiger partial charge < -0.3 is 5.73 Å². The van der Waals surface area contributed by atoms with Crippen molar-refractivity contribution in [1.82, 2.24) is 4.98 Å². The van der Waals surface area contributed by atoms with Crippen LogP contribution in [-0.4, -0.2) is 11.5 Å². The highest BCUT2D eigenvalue weighted by Crippen LogP contribution is 2.09. The van der Waals surface area contributed by atoms with Crippen molar-refractivity contribution in [3.63, 3.8) is 0 Å². The Morgan fingerprint density at radius 2 is 1.81 bits per heavy atom. The van der Waals surface area contributed by atoms with Crippen LogP contribution >= 0.6 is 0 Å². The van der Waals surface area contributed by atoms with Crippen LogP contribution in [0.2, 0.25) is 0 Å². The summed E-state index contributed by atoms with van der Waals surface area (Å²) in [6.45, 7) is 0.655. The Labute approximate surface area is 96.1 Å². The van der Waals surface area contributed by atoms with Crippen LogP contribution in [0.5, 0.6) is 0 Å². The maximum Gasteiger partial charge on any atom is 0.0419 e. The van der Waals surface area contributed by atoms with Crippen LogP contribution in [-0.2, 0) is 12.8 Å². The van der Waals surface area contributed by atoms with Gasteiger partial charge in [-0.25, -0.2) is 0 Å². The van der Waals surface area contributed by atoms with E-state index in [4.69, 9.17) is 5.73 Å². The van der Waals surface area contributed by atoms with Gasteiger partial charge in [0.15, 0.2) is 0 Å². The zero-order valence-electron chi connectivity index (χ0n) is 9.26. The third kappa shape index (κ3) is 2.91. The Kier molecular flexibility index (Phi) is 3.67. The summed E-state index contributed by atoms with van der Waals surface area (Å²) in [5.74, 6) is 0. The quantitative estimate of drug-likeness (QED) is 0.843. The Morgan fingerprint density at radius 3 is 2.56 bits per heavy atom. The molecule has 1 heterocycles. The van der Waals surface area contributed by atoms with Gasteiger partial charge in [-0.2, -0.15) is 0 Å². The molecule has 0 amide bonds. The highest BCUT2D eigenvalue weighted by atomic mass is 14.7. The second-order valence-electron chi connectivity index (χ2n) is 3.86. The number of aromatic nitrogens is 1. The zero-order valence-corrected chi connectivity index (χ0v) is 9.26. The van der Waals surface area contributed by atoms with Crippen LogP contribution in [0.15, 0.2) is 48.7 Å². The molecule has 0 aliphatic rings. The van der Waals surface area contributed by atoms with Crippen molar-refractivity contribution in [2.75, 3.05) is 6.54 Å². The molecule has 0 unspecified atom stereocenters. The second kappa shape index (κ2) is 5.42. The molecule has 82 valence electrons. The van der Waals surface area contributed by atoms with E-state index >= 15 is 0 Å². The summed E-state index contributed by atoms with van der Waals surface area (Å²) in [4.78, 5) is 4.29. The fraction of sp³-hybridized carbons (Fsp3) is 0.214. The van der Waals surface area contributed by atoms with Gasteiger partial charge in [0.2, 0.25) is 0 Å². The predicted octanol–water partition coefficient (Wildman–Crippen LogP) is 2.17. The molecule has 2 aromatic rings. The summed E-state index contributed by atoms with van der Waals surface area (Å²) < 4.78 is 0. The van der Waals surface area contributed by atoms with E-state index in [1.165, 1.54) is 11.1 Å². The molecule has 2 rings (SSSR count). The molecule has 1 aromatic carbocycles. The predicted molar refractivity (Wildman–Crippen MR) is 66.2 cm³/mol. The molecule has 0 aliphatic carbocycles. The smallest absolute Gasteiger partial charge is 0.0419 e. The lowest BCUT2D eigenvalue weighted by Gasteiger charge is -2.04. The molecule has 0 atom stereocenters. The van der Waals surface area contributed by atoms with Gasteiger partial charge in [0.25, 0.3) is 0 Å². The van der Waals surface area contributed by atoms with Crippen molar-refractivity contribution < 1.29 is 0 Å². The first kappa shape index (κ1) is 10.8. The lowest BCUT2D eigenvalue weighted by atomic mass is 10.0. The van der Waals surface area contributed by atoms with Gasteiger partial charge in [-0.05, 0) is 36.2 Å². The topological polar surface area (TPSA) is 38.9 Å². The van der Waals surface area contributed by atoms with E-state index in [1.54, 1.807) is 0 Å². The Hall–Kier alpha value is -1.67. The number of rotatable bonds is 4. The fourth-order valence-electron chi connectivity index (χ4n) is 1.75. The lowest BCUT2D eigenvalue weighted by Crippen LogP contribution is -2.04. The van der Waals surface area contributed by atoms with Gasteiger partial charge >= 0.3 is 0 Å². The Morgan fingerprint density at radius 1 is 1.00 bits per heavy atom. The summed E-state index contributed by atoms with van der Waals surface area (Å²) in [5.41, 5.74) is 9.23. The first-order valence-corrected chi connectivity index (χ1v) is 5.56. The minimum absolute atomic E-state index is 0.655. The molecule has 2 nitrogen and oxygen atoms in total. The van der Waals surface area contributed by atoms with E-state index in [0.717, 1.165) is 18.5 Å². The third-order valence-corrected chi connectivity index (χ3v) is 2.53. The van der Waals surface area contributed by atoms with Crippen LogP contribution in [0.3, 0.4) is 0 Å². The Balaban J connectivity index is 2.12. The van der Waals surface area contributed by atoms with Gasteiger partial charge in [-0.1, -0.05) is 30.3 Å². The third-order valence-electron chi connectivity index (χ3n) is 2.53. The first-order valence-electron chi connectivity index (χ1n) is 5.56. The lowest BCUT2D eigenvalue weighted by molar-refractivity contribution is 0.916. The molecule has 0 fully saturated rings. The van der Waals surface area contributed by atoms with Crippen LogP contribution < -0.4 is 5.73 Å². The van der Waals surface area contributed by atoms with E-state index in [0.29, 0.717) is 6.54 Å². The molecule has 1 aromatic heterocycles. The largest absolute Gasteiger partial charge is 0.330 e. The van der Waals surface area contributed by atoms with Gasteiger partial charge in [-0.15, -0.1) is 0 Å². The summed E-state index contributed by atoms with van der Waals surface area (Å²) in [6, 6.07) is 14.7. The standard InChI is InChI=1S/C14H16N2/c15-8-6-14-11-13(7-9-16-14)10-12-4-2-1-3-5-12/h1-5,7,9,11H,6,8,10,15H2. The van der Waals surface area contributed by atoms with Gasteiger partial charge in [0.1, 0.15) is 0 Å². The summed E-state index contributed by atoms with van der Waals surface area (Å²) in [5, 5.41) is 0. The summed E-state index contributed by atoms with van der Waals surface area (Å²) >= 11 is 0. The molecule has 0 bridgehead atoms. The van der Waals surface area contributed by atoms with E-state index in [2.05, 4.69) is 41.4 Å². The average molecular weight is 212 g/mol. The number of hydrogen-bond acceptors (Lipinski definition) is 2. The molecule has 0 saturated carbocycles. The number of nitrogens with two attached hydrogens (primary N) is 1. The van der Waals surface area contributed by atoms with Gasteiger partial charge in [-0.3, -0.25) is 4.98 Å². The highest BCUT2D eigenvalue weighted by Gasteiger charge is 1.98. The number of nitrogens with zero attached hydrogens (tertiary/aromatic N) is 1. The Bertz CT molecular complexity index is 437. The van der Waals surface area contributed by atoms with E-state index in [1.807, 2.05) is 12.3 Å². The van der Waals surface area contributed by atoms with E-state index in [9.17, 15) is 0 Å². The van der Waals surface area contributed by atoms with Crippen molar-refractivity contribution in [2.45, 2.75) is 12.8 Å². The SMILES string of the molecule is NCCc1cc(Cc2ccccc2)ccn1. The maximum atomic E-state index is 5.52. The van der Waals surface area contributed by atoms with E-state index < -0.39 is 0 Å². The molecule has 2 heteroatoms. The zero-order chi connectivity index (χ0) is 11.2. The molecule has 0 saturated heterocycles. The van der Waals surface area contributed by atoms with Gasteiger partial charge in [0.05, 0.1) is 0 Å². The minimum atomic E-state index is 0.655. The van der Waals surface area contributed by atoms with Crippen molar-refractivity contribution in [3.05, 3.63) is 65.5 Å². The monoisotopic (exact) mass is 212 g/mol. The van der Waals surface area contributed by atoms with Crippen molar-refractivity contribution in [2.24, 2.45) is 5.73 Å². The van der Waals surface area contributed by atoms with Crippen molar-refractivity contribution in [3.8, 4) is 0 Å². The minimum Gasteiger partial charge on any atom is -0.330 e. The molecule has 16 heavy (non-hydrogen) atoms. The molecule has 0 radical (unpaired) electrons. The van der Waals surface area contributed by atoms with Crippen LogP contribution in [0, 0.1) is 0 Å². The van der Waals surface area contributed by atoms with Crippen molar-refractivity contribution in [1.29, 1.82) is 0 Å². The average Bonchev–Trinajstić information content (AvgIpc) is 2.31. The maximum absolute atomic E-state index is 5.52. The molecule has 2 N–H and O–H groups in total. The molecule has 0 spiro atoms. The number of pyridine rings is 1. The number of benzene rings is 1. The molecular weight excluding hydrogens is 196 g/mol. The van der Waals surface area contributed by atoms with Crippen LogP contribution in [0.1, 0.15) is 16.8 Å². The second-order valence-corrected chi connectivity index (χ2v) is 3.86. The number of hydrogen-bond donors (Lipinski definition) is 1. The highest BCUT2D eigenvalue weighted by molar-refractivity contribution is 5.26.